The molecule has 0 amide bonds. The molecule has 192 valence electrons. The summed E-state index contributed by atoms with van der Waals surface area (Å²) in [7, 11) is -2.89. The third kappa shape index (κ3) is 3.76. The first-order valence-electron chi connectivity index (χ1n) is 12.6. The van der Waals surface area contributed by atoms with E-state index >= 15 is 0 Å². The summed E-state index contributed by atoms with van der Waals surface area (Å²) in [5.74, 6) is -0.231. The fourth-order valence-corrected chi connectivity index (χ4v) is 10.6. The monoisotopic (exact) mass is 508 g/mol. The van der Waals surface area contributed by atoms with Crippen molar-refractivity contribution in [1.82, 2.24) is 0 Å². The van der Waals surface area contributed by atoms with Crippen LogP contribution in [0.3, 0.4) is 0 Å². The zero-order chi connectivity index (χ0) is 25.9. The van der Waals surface area contributed by atoms with Crippen LogP contribution in [0.25, 0.3) is 0 Å². The molecule has 2 N–H and O–H groups in total. The summed E-state index contributed by atoms with van der Waals surface area (Å²) < 4.78 is 19.5. The van der Waals surface area contributed by atoms with Crippen LogP contribution in [0.5, 0.6) is 0 Å². The second kappa shape index (κ2) is 8.72. The van der Waals surface area contributed by atoms with Crippen LogP contribution in [0.4, 0.5) is 0 Å². The number of aliphatic hydroxyl groups is 2. The highest BCUT2D eigenvalue weighted by molar-refractivity contribution is 6.99. The number of rotatable bonds is 6. The molecule has 1 aliphatic carbocycles. The molecule has 0 bridgehead atoms. The van der Waals surface area contributed by atoms with E-state index in [1.807, 2.05) is 50.2 Å². The number of Topliss-reactive ketones (excluding diaryl/α,β-unsaturated/α-hetero) is 1. The van der Waals surface area contributed by atoms with E-state index in [0.717, 1.165) is 10.4 Å². The summed E-state index contributed by atoms with van der Waals surface area (Å²) in [6, 6.07) is 20.6. The normalized spacial score (nSPS) is 29.5. The van der Waals surface area contributed by atoms with E-state index < -0.39 is 44.4 Å². The summed E-state index contributed by atoms with van der Waals surface area (Å²) in [4.78, 5) is 13.3. The number of epoxide rings is 1. The lowest BCUT2D eigenvalue weighted by Crippen LogP contribution is -2.67. The van der Waals surface area contributed by atoms with Gasteiger partial charge in [0.1, 0.15) is 11.7 Å². The van der Waals surface area contributed by atoms with Crippen molar-refractivity contribution in [3.63, 3.8) is 0 Å². The van der Waals surface area contributed by atoms with Crippen LogP contribution < -0.4 is 10.4 Å². The predicted molar refractivity (Wildman–Crippen MR) is 140 cm³/mol. The molecule has 2 fully saturated rings. The summed E-state index contributed by atoms with van der Waals surface area (Å²) in [6.07, 6.45) is -1.71. The number of hydrogen-bond acceptors (Lipinski definition) is 6. The SMILES string of the molecule is CC1(C)O[C@H]2C(CO[Si](c3ccccc3)(c3ccccc3)C(C)(C)C)=C(CO)C(=O)[C@@H]3O[C@@]32C[C@@H]1O. The van der Waals surface area contributed by atoms with Gasteiger partial charge in [0.15, 0.2) is 11.9 Å². The number of ether oxygens (including phenoxy) is 2. The first-order valence-corrected chi connectivity index (χ1v) is 14.5. The van der Waals surface area contributed by atoms with Crippen LogP contribution in [0.1, 0.15) is 41.0 Å². The highest BCUT2D eigenvalue weighted by Gasteiger charge is 2.73. The summed E-state index contributed by atoms with van der Waals surface area (Å²) >= 11 is 0. The van der Waals surface area contributed by atoms with E-state index in [4.69, 9.17) is 13.9 Å². The summed E-state index contributed by atoms with van der Waals surface area (Å²) in [5.41, 5.74) is -0.780. The molecule has 36 heavy (non-hydrogen) atoms. The highest BCUT2D eigenvalue weighted by Crippen LogP contribution is 2.56. The maximum atomic E-state index is 13.3. The Kier molecular flexibility index (Phi) is 6.18. The zero-order valence-electron chi connectivity index (χ0n) is 21.7. The lowest BCUT2D eigenvalue weighted by molar-refractivity contribution is -0.189. The Labute approximate surface area is 214 Å². The number of carbonyl (C=O) groups excluding carboxylic acids is 1. The van der Waals surface area contributed by atoms with Gasteiger partial charge in [-0.3, -0.25) is 4.79 Å². The third-order valence-electron chi connectivity index (χ3n) is 8.16. The molecule has 2 heterocycles. The fourth-order valence-electron chi connectivity index (χ4n) is 6.08. The quantitative estimate of drug-likeness (QED) is 0.461. The molecule has 2 aromatic rings. The van der Waals surface area contributed by atoms with Crippen molar-refractivity contribution in [2.24, 2.45) is 0 Å². The molecule has 2 saturated heterocycles. The minimum absolute atomic E-state index is 0.129. The number of aliphatic hydroxyl groups excluding tert-OH is 2. The van der Waals surface area contributed by atoms with Gasteiger partial charge in [-0.25, -0.2) is 0 Å². The van der Waals surface area contributed by atoms with Crippen LogP contribution in [0, 0.1) is 0 Å². The van der Waals surface area contributed by atoms with Crippen molar-refractivity contribution in [3.8, 4) is 0 Å². The van der Waals surface area contributed by atoms with E-state index in [-0.39, 0.29) is 17.4 Å². The van der Waals surface area contributed by atoms with E-state index in [1.54, 1.807) is 0 Å². The van der Waals surface area contributed by atoms with Gasteiger partial charge in [-0.1, -0.05) is 81.4 Å². The van der Waals surface area contributed by atoms with Gasteiger partial charge in [0.05, 0.1) is 24.9 Å². The molecule has 5 rings (SSSR count). The molecule has 6 nitrogen and oxygen atoms in total. The van der Waals surface area contributed by atoms with Gasteiger partial charge in [0.2, 0.25) is 0 Å². The Morgan fingerprint density at radius 2 is 1.53 bits per heavy atom. The molecule has 4 atom stereocenters. The minimum Gasteiger partial charge on any atom is -0.403 e. The Hall–Kier alpha value is -2.13. The average molecular weight is 509 g/mol. The molecule has 0 aromatic heterocycles. The molecular weight excluding hydrogens is 472 g/mol. The largest absolute Gasteiger partial charge is 0.403 e. The fraction of sp³-hybridized carbons (Fsp3) is 0.483. The third-order valence-corrected chi connectivity index (χ3v) is 13.1. The van der Waals surface area contributed by atoms with Gasteiger partial charge in [-0.2, -0.15) is 0 Å². The van der Waals surface area contributed by atoms with Gasteiger partial charge < -0.3 is 24.1 Å². The first-order chi connectivity index (χ1) is 17.0. The number of hydrogen-bond donors (Lipinski definition) is 2. The molecule has 7 heteroatoms. The molecule has 0 unspecified atom stereocenters. The number of carbonyl (C=O) groups is 1. The second-order valence-electron chi connectivity index (χ2n) is 11.8. The number of benzene rings is 2. The van der Waals surface area contributed by atoms with Gasteiger partial charge >= 0.3 is 0 Å². The van der Waals surface area contributed by atoms with Crippen LogP contribution in [-0.2, 0) is 18.7 Å². The summed E-state index contributed by atoms with van der Waals surface area (Å²) in [6.45, 7) is 10.0. The molecule has 2 aliphatic heterocycles. The van der Waals surface area contributed by atoms with Crippen LogP contribution >= 0.6 is 0 Å². The lowest BCUT2D eigenvalue weighted by Gasteiger charge is -2.47. The van der Waals surface area contributed by atoms with Gasteiger partial charge in [-0.05, 0) is 34.8 Å². The molecule has 0 radical (unpaired) electrons. The predicted octanol–water partition coefficient (Wildman–Crippen LogP) is 2.50. The van der Waals surface area contributed by atoms with Crippen molar-refractivity contribution >= 4 is 24.5 Å². The summed E-state index contributed by atoms with van der Waals surface area (Å²) in [5, 5.41) is 23.0. The maximum Gasteiger partial charge on any atom is 0.261 e. The number of ketones is 1. The topological polar surface area (TPSA) is 88.5 Å². The lowest BCUT2D eigenvalue weighted by atomic mass is 9.73. The molecule has 3 aliphatic rings. The standard InChI is InChI=1S/C29H36O6Si/c1-27(2,3)36(19-12-8-6-9-13-19,20-14-10-7-11-15-20)33-18-22-21(17-30)24(32)26-29(35-26)16-23(31)28(4,5)34-25(22)29/h6-15,23,25-26,30-31H,16-18H2,1-5H3/t23-,25-,26-,29+/m0/s1. The van der Waals surface area contributed by atoms with E-state index in [9.17, 15) is 15.0 Å². The average Bonchev–Trinajstić information content (AvgIpc) is 3.57. The first kappa shape index (κ1) is 25.5. The van der Waals surface area contributed by atoms with Crippen molar-refractivity contribution < 1.29 is 28.9 Å². The molecule has 2 aromatic carbocycles. The maximum absolute atomic E-state index is 13.3. The minimum atomic E-state index is -2.89. The van der Waals surface area contributed by atoms with Crippen LogP contribution in [0.15, 0.2) is 71.8 Å². The Bertz CT molecular complexity index is 1130. The molecular formula is C29H36O6Si. The van der Waals surface area contributed by atoms with E-state index in [2.05, 4.69) is 45.0 Å². The van der Waals surface area contributed by atoms with Crippen molar-refractivity contribution in [1.29, 1.82) is 0 Å². The van der Waals surface area contributed by atoms with Crippen molar-refractivity contribution in [2.75, 3.05) is 13.2 Å². The van der Waals surface area contributed by atoms with E-state index in [1.165, 1.54) is 0 Å². The molecule has 0 saturated carbocycles. The van der Waals surface area contributed by atoms with Gasteiger partial charge in [0, 0.05) is 12.0 Å². The Morgan fingerprint density at radius 1 is 0.972 bits per heavy atom. The van der Waals surface area contributed by atoms with Gasteiger partial charge in [-0.15, -0.1) is 0 Å². The molecule has 1 spiro atoms. The van der Waals surface area contributed by atoms with Gasteiger partial charge in [0.25, 0.3) is 8.32 Å². The zero-order valence-corrected chi connectivity index (χ0v) is 22.7. The Morgan fingerprint density at radius 3 is 2.03 bits per heavy atom. The second-order valence-corrected chi connectivity index (χ2v) is 16.1. The van der Waals surface area contributed by atoms with Crippen molar-refractivity contribution in [2.45, 2.75) is 75.6 Å². The smallest absolute Gasteiger partial charge is 0.261 e. The van der Waals surface area contributed by atoms with Crippen LogP contribution in [-0.4, -0.2) is 67.0 Å². The Balaban J connectivity index is 1.61. The highest BCUT2D eigenvalue weighted by atomic mass is 28.4. The van der Waals surface area contributed by atoms with Crippen LogP contribution in [0.2, 0.25) is 5.04 Å². The van der Waals surface area contributed by atoms with Crippen molar-refractivity contribution in [3.05, 3.63) is 71.8 Å². The van der Waals surface area contributed by atoms with E-state index in [0.29, 0.717) is 17.6 Å².